The van der Waals surface area contributed by atoms with E-state index in [0.29, 0.717) is 34.7 Å². The molecule has 0 aromatic heterocycles. The molecule has 0 unspecified atom stereocenters. The Kier molecular flexibility index (Phi) is 5.54. The number of fused-ring (bicyclic) bond motifs is 1. The molecule has 0 atom stereocenters. The Morgan fingerprint density at radius 3 is 2.19 bits per heavy atom. The predicted molar refractivity (Wildman–Crippen MR) is 119 cm³/mol. The average Bonchev–Trinajstić information content (AvgIpc) is 3.04. The second kappa shape index (κ2) is 8.44. The number of nitrogens with one attached hydrogen (secondary N) is 1. The Balaban J connectivity index is 1.56. The van der Waals surface area contributed by atoms with Gasteiger partial charge in [0.25, 0.3) is 17.7 Å². The van der Waals surface area contributed by atoms with Crippen LogP contribution < -0.4 is 15.0 Å². The Hall–Kier alpha value is -3.93. The monoisotopic (exact) mass is 414 g/mol. The summed E-state index contributed by atoms with van der Waals surface area (Å²) in [6, 6.07) is 18.8. The maximum Gasteiger partial charge on any atom is 0.266 e. The highest BCUT2D eigenvalue weighted by atomic mass is 16.5. The largest absolute Gasteiger partial charge is 0.494 e. The summed E-state index contributed by atoms with van der Waals surface area (Å²) in [5.41, 5.74) is 2.84. The molecule has 3 amide bonds. The number of nitrogens with zero attached hydrogens (tertiary/aromatic N) is 1. The number of benzene rings is 3. The van der Waals surface area contributed by atoms with E-state index in [1.54, 1.807) is 73.7 Å². The van der Waals surface area contributed by atoms with Crippen LogP contribution in [0.15, 0.2) is 66.7 Å². The zero-order chi connectivity index (χ0) is 22.0. The van der Waals surface area contributed by atoms with Gasteiger partial charge in [0.15, 0.2) is 0 Å². The van der Waals surface area contributed by atoms with Gasteiger partial charge in [0, 0.05) is 11.3 Å². The Morgan fingerprint density at radius 2 is 1.58 bits per heavy atom. The first-order chi connectivity index (χ1) is 15.0. The van der Waals surface area contributed by atoms with Crippen LogP contribution >= 0.6 is 0 Å². The lowest BCUT2D eigenvalue weighted by atomic mass is 10.1. The molecule has 156 valence electrons. The standard InChI is InChI=1S/C25H22N2O4/c1-3-14-31-19-12-10-18(11-13-19)26-23(28)17-9-8-16(2)22(15-17)27-24(29)20-6-4-5-7-21(20)25(27)30/h4-13,15H,3,14H2,1-2H3,(H,26,28). The quantitative estimate of drug-likeness (QED) is 0.586. The van der Waals surface area contributed by atoms with Gasteiger partial charge in [-0.2, -0.15) is 0 Å². The molecule has 1 N–H and O–H groups in total. The SMILES string of the molecule is CCCOc1ccc(NC(=O)c2ccc(C)c(N3C(=O)c4ccccc4C3=O)c2)cc1. The van der Waals surface area contributed by atoms with Crippen LogP contribution in [0.4, 0.5) is 11.4 Å². The summed E-state index contributed by atoms with van der Waals surface area (Å²) in [6.45, 7) is 4.47. The number of anilines is 2. The molecule has 0 spiro atoms. The van der Waals surface area contributed by atoms with Gasteiger partial charge in [0.05, 0.1) is 23.4 Å². The third-order valence-electron chi connectivity index (χ3n) is 5.09. The molecule has 0 aliphatic carbocycles. The third-order valence-corrected chi connectivity index (χ3v) is 5.09. The molecule has 6 nitrogen and oxygen atoms in total. The number of aryl methyl sites for hydroxylation is 1. The van der Waals surface area contributed by atoms with Crippen molar-refractivity contribution in [2.45, 2.75) is 20.3 Å². The second-order valence-electron chi connectivity index (χ2n) is 7.32. The topological polar surface area (TPSA) is 75.7 Å². The van der Waals surface area contributed by atoms with Gasteiger partial charge in [0.1, 0.15) is 5.75 Å². The van der Waals surface area contributed by atoms with Gasteiger partial charge in [-0.15, -0.1) is 0 Å². The Labute approximate surface area is 180 Å². The summed E-state index contributed by atoms with van der Waals surface area (Å²) in [4.78, 5) is 39.6. The van der Waals surface area contributed by atoms with E-state index in [-0.39, 0.29) is 17.7 Å². The fraction of sp³-hybridized carbons (Fsp3) is 0.160. The molecule has 31 heavy (non-hydrogen) atoms. The summed E-state index contributed by atoms with van der Waals surface area (Å²) >= 11 is 0. The minimum Gasteiger partial charge on any atom is -0.494 e. The van der Waals surface area contributed by atoms with Crippen molar-refractivity contribution >= 4 is 29.1 Å². The van der Waals surface area contributed by atoms with Crippen LogP contribution in [-0.4, -0.2) is 24.3 Å². The molecule has 0 fully saturated rings. The summed E-state index contributed by atoms with van der Waals surface area (Å²) in [5, 5.41) is 2.84. The van der Waals surface area contributed by atoms with Crippen molar-refractivity contribution in [2.75, 3.05) is 16.8 Å². The van der Waals surface area contributed by atoms with Gasteiger partial charge < -0.3 is 10.1 Å². The number of hydrogen-bond donors (Lipinski definition) is 1. The zero-order valence-electron chi connectivity index (χ0n) is 17.3. The first-order valence-corrected chi connectivity index (χ1v) is 10.1. The van der Waals surface area contributed by atoms with Gasteiger partial charge in [-0.25, -0.2) is 4.90 Å². The summed E-state index contributed by atoms with van der Waals surface area (Å²) in [6.07, 6.45) is 0.918. The number of carbonyl (C=O) groups is 3. The molecule has 0 saturated heterocycles. The first-order valence-electron chi connectivity index (χ1n) is 10.1. The van der Waals surface area contributed by atoms with E-state index in [9.17, 15) is 14.4 Å². The molecule has 0 radical (unpaired) electrons. The lowest BCUT2D eigenvalue weighted by Gasteiger charge is -2.18. The average molecular weight is 414 g/mol. The number of imide groups is 1. The van der Waals surface area contributed by atoms with Crippen molar-refractivity contribution in [3.63, 3.8) is 0 Å². The highest BCUT2D eigenvalue weighted by molar-refractivity contribution is 6.34. The number of carbonyl (C=O) groups excluding carboxylic acids is 3. The summed E-state index contributed by atoms with van der Waals surface area (Å²) in [7, 11) is 0. The van der Waals surface area contributed by atoms with Crippen LogP contribution in [0.2, 0.25) is 0 Å². The molecule has 3 aromatic rings. The van der Waals surface area contributed by atoms with Gasteiger partial charge in [-0.1, -0.05) is 25.1 Å². The molecule has 3 aromatic carbocycles. The molecule has 6 heteroatoms. The van der Waals surface area contributed by atoms with Crippen molar-refractivity contribution in [2.24, 2.45) is 0 Å². The van der Waals surface area contributed by atoms with Gasteiger partial charge in [-0.3, -0.25) is 14.4 Å². The van der Waals surface area contributed by atoms with Crippen LogP contribution in [0.3, 0.4) is 0 Å². The second-order valence-corrected chi connectivity index (χ2v) is 7.32. The normalized spacial score (nSPS) is 12.6. The molecule has 1 aliphatic rings. The Bertz CT molecular complexity index is 1130. The minimum atomic E-state index is -0.385. The maximum atomic E-state index is 12.8. The summed E-state index contributed by atoms with van der Waals surface area (Å²) in [5.74, 6) is -0.365. The highest BCUT2D eigenvalue weighted by Crippen LogP contribution is 2.31. The first kappa shape index (κ1) is 20.3. The fourth-order valence-corrected chi connectivity index (χ4v) is 3.46. The van der Waals surface area contributed by atoms with E-state index < -0.39 is 0 Å². The molecule has 1 aliphatic heterocycles. The number of ether oxygens (including phenoxy) is 1. The highest BCUT2D eigenvalue weighted by Gasteiger charge is 2.37. The lowest BCUT2D eigenvalue weighted by molar-refractivity contribution is 0.0923. The van der Waals surface area contributed by atoms with Gasteiger partial charge in [-0.05, 0) is 67.4 Å². The van der Waals surface area contributed by atoms with Crippen molar-refractivity contribution in [3.8, 4) is 5.75 Å². The van der Waals surface area contributed by atoms with E-state index in [1.165, 1.54) is 0 Å². The number of amides is 3. The van der Waals surface area contributed by atoms with Gasteiger partial charge >= 0.3 is 0 Å². The smallest absolute Gasteiger partial charge is 0.266 e. The molecule has 4 rings (SSSR count). The van der Waals surface area contributed by atoms with Crippen molar-refractivity contribution < 1.29 is 19.1 Å². The van der Waals surface area contributed by atoms with E-state index in [0.717, 1.165) is 22.6 Å². The van der Waals surface area contributed by atoms with Crippen LogP contribution in [0.1, 0.15) is 50.0 Å². The van der Waals surface area contributed by atoms with Crippen molar-refractivity contribution in [3.05, 3.63) is 89.0 Å². The maximum absolute atomic E-state index is 12.8. The van der Waals surface area contributed by atoms with E-state index in [2.05, 4.69) is 5.32 Å². The van der Waals surface area contributed by atoms with Crippen LogP contribution in [-0.2, 0) is 0 Å². The minimum absolute atomic E-state index is 0.333. The lowest BCUT2D eigenvalue weighted by Crippen LogP contribution is -2.30. The summed E-state index contributed by atoms with van der Waals surface area (Å²) < 4.78 is 5.55. The van der Waals surface area contributed by atoms with E-state index in [4.69, 9.17) is 4.74 Å². The number of hydrogen-bond acceptors (Lipinski definition) is 4. The fourth-order valence-electron chi connectivity index (χ4n) is 3.46. The van der Waals surface area contributed by atoms with Crippen molar-refractivity contribution in [1.82, 2.24) is 0 Å². The molecule has 0 saturated carbocycles. The van der Waals surface area contributed by atoms with E-state index in [1.807, 2.05) is 6.92 Å². The number of rotatable bonds is 6. The van der Waals surface area contributed by atoms with Crippen LogP contribution in [0, 0.1) is 6.92 Å². The van der Waals surface area contributed by atoms with Crippen LogP contribution in [0.5, 0.6) is 5.75 Å². The Morgan fingerprint density at radius 1 is 0.935 bits per heavy atom. The van der Waals surface area contributed by atoms with Crippen LogP contribution in [0.25, 0.3) is 0 Å². The predicted octanol–water partition coefficient (Wildman–Crippen LogP) is 4.84. The molecule has 1 heterocycles. The van der Waals surface area contributed by atoms with E-state index >= 15 is 0 Å². The van der Waals surface area contributed by atoms with Crippen molar-refractivity contribution in [1.29, 1.82) is 0 Å². The molecular weight excluding hydrogens is 392 g/mol. The molecular formula is C25H22N2O4. The van der Waals surface area contributed by atoms with Gasteiger partial charge in [0.2, 0.25) is 0 Å². The third kappa shape index (κ3) is 3.92. The zero-order valence-corrected chi connectivity index (χ0v) is 17.3. The molecule has 0 bridgehead atoms.